The van der Waals surface area contributed by atoms with Crippen LogP contribution < -0.4 is 0 Å². The third-order valence-electron chi connectivity index (χ3n) is 2.63. The van der Waals surface area contributed by atoms with E-state index in [9.17, 15) is 0 Å². The molecule has 0 bridgehead atoms. The van der Waals surface area contributed by atoms with E-state index < -0.39 is 0 Å². The molecule has 0 spiro atoms. The van der Waals surface area contributed by atoms with Crippen LogP contribution in [0.2, 0.25) is 0 Å². The minimum Gasteiger partial charge on any atom is -0.0843 e. The third-order valence-corrected chi connectivity index (χ3v) is 2.63. The molecule has 0 heterocycles. The normalized spacial score (nSPS) is 12.6. The molecule has 0 nitrogen and oxygen atoms in total. The number of rotatable bonds is 9. The lowest BCUT2D eigenvalue weighted by Gasteiger charge is -1.95. The molecule has 0 saturated heterocycles. The predicted octanol–water partition coefficient (Wildman–Crippen LogP) is 5.65. The van der Waals surface area contributed by atoms with Crippen LogP contribution in [0, 0.1) is 0 Å². The Labute approximate surface area is 96.5 Å². The second kappa shape index (κ2) is 11.6. The summed E-state index contributed by atoms with van der Waals surface area (Å²) < 4.78 is 0. The van der Waals surface area contributed by atoms with E-state index in [0.29, 0.717) is 0 Å². The SMILES string of the molecule is CCCC/C=C(C)\C=C/CCCCCC. The zero-order chi connectivity index (χ0) is 11.4. The van der Waals surface area contributed by atoms with Gasteiger partial charge in [-0.2, -0.15) is 0 Å². The summed E-state index contributed by atoms with van der Waals surface area (Å²) in [4.78, 5) is 0. The standard InChI is InChI=1S/C15H28/c1-4-6-8-9-10-12-14-15(3)13-11-7-5-2/h12-14H,4-11H2,1-3H3/b14-12-,15-13-. The molecular weight excluding hydrogens is 180 g/mol. The Bertz CT molecular complexity index is 174. The number of hydrogen-bond acceptors (Lipinski definition) is 0. The molecule has 0 radical (unpaired) electrons. The van der Waals surface area contributed by atoms with Gasteiger partial charge in [0.2, 0.25) is 0 Å². The second-order valence-corrected chi connectivity index (χ2v) is 4.34. The lowest BCUT2D eigenvalue weighted by Crippen LogP contribution is -1.75. The van der Waals surface area contributed by atoms with Crippen LogP contribution in [-0.4, -0.2) is 0 Å². The van der Waals surface area contributed by atoms with Crippen molar-refractivity contribution in [3.63, 3.8) is 0 Å². The quantitative estimate of drug-likeness (QED) is 0.339. The van der Waals surface area contributed by atoms with Crippen LogP contribution in [0.5, 0.6) is 0 Å². The molecule has 0 aromatic carbocycles. The minimum atomic E-state index is 1.24. The van der Waals surface area contributed by atoms with Crippen LogP contribution in [-0.2, 0) is 0 Å². The lowest BCUT2D eigenvalue weighted by atomic mass is 10.1. The summed E-state index contributed by atoms with van der Waals surface area (Å²) in [5, 5.41) is 0. The van der Waals surface area contributed by atoms with E-state index in [1.807, 2.05) is 0 Å². The van der Waals surface area contributed by atoms with Crippen LogP contribution >= 0.6 is 0 Å². The smallest absolute Gasteiger partial charge is 0.0345 e. The highest BCUT2D eigenvalue weighted by Gasteiger charge is 1.85. The third kappa shape index (κ3) is 11.4. The zero-order valence-electron chi connectivity index (χ0n) is 10.9. The molecule has 0 atom stereocenters. The van der Waals surface area contributed by atoms with Crippen LogP contribution in [0.4, 0.5) is 0 Å². The molecule has 0 aromatic heterocycles. The molecule has 0 N–H and O–H groups in total. The van der Waals surface area contributed by atoms with Gasteiger partial charge in [0.15, 0.2) is 0 Å². The fourth-order valence-electron chi connectivity index (χ4n) is 1.56. The summed E-state index contributed by atoms with van der Waals surface area (Å²) in [6, 6.07) is 0. The summed E-state index contributed by atoms with van der Waals surface area (Å²) in [6.07, 6.45) is 17.5. The Kier molecular flexibility index (Phi) is 11.2. The molecule has 0 fully saturated rings. The van der Waals surface area contributed by atoms with Gasteiger partial charge in [0.05, 0.1) is 0 Å². The maximum atomic E-state index is 2.35. The first-order valence-electron chi connectivity index (χ1n) is 6.64. The Hall–Kier alpha value is -0.520. The van der Waals surface area contributed by atoms with Gasteiger partial charge < -0.3 is 0 Å². The zero-order valence-corrected chi connectivity index (χ0v) is 10.9. The molecule has 0 aliphatic heterocycles. The summed E-state index contributed by atoms with van der Waals surface area (Å²) in [7, 11) is 0. The van der Waals surface area contributed by atoms with Gasteiger partial charge in [0, 0.05) is 0 Å². The van der Waals surface area contributed by atoms with E-state index in [2.05, 4.69) is 39.0 Å². The average molecular weight is 208 g/mol. The summed E-state index contributed by atoms with van der Waals surface area (Å²) >= 11 is 0. The molecule has 15 heavy (non-hydrogen) atoms. The van der Waals surface area contributed by atoms with Gasteiger partial charge in [-0.05, 0) is 26.2 Å². The van der Waals surface area contributed by atoms with Gasteiger partial charge in [-0.3, -0.25) is 0 Å². The van der Waals surface area contributed by atoms with Crippen molar-refractivity contribution < 1.29 is 0 Å². The first-order chi connectivity index (χ1) is 7.31. The first kappa shape index (κ1) is 14.5. The van der Waals surface area contributed by atoms with Crippen molar-refractivity contribution in [2.75, 3.05) is 0 Å². The van der Waals surface area contributed by atoms with E-state index in [4.69, 9.17) is 0 Å². The van der Waals surface area contributed by atoms with Crippen molar-refractivity contribution >= 4 is 0 Å². The van der Waals surface area contributed by atoms with Crippen molar-refractivity contribution in [2.24, 2.45) is 0 Å². The Morgan fingerprint density at radius 2 is 1.60 bits per heavy atom. The summed E-state index contributed by atoms with van der Waals surface area (Å²) in [5.74, 6) is 0. The number of hydrogen-bond donors (Lipinski definition) is 0. The van der Waals surface area contributed by atoms with E-state index in [1.54, 1.807) is 0 Å². The highest BCUT2D eigenvalue weighted by atomic mass is 13.9. The Balaban J connectivity index is 3.44. The molecular formula is C15H28. The Morgan fingerprint density at radius 3 is 2.27 bits per heavy atom. The van der Waals surface area contributed by atoms with E-state index in [-0.39, 0.29) is 0 Å². The number of unbranched alkanes of at least 4 members (excludes halogenated alkanes) is 6. The number of allylic oxidation sites excluding steroid dienone is 4. The molecule has 0 aliphatic rings. The van der Waals surface area contributed by atoms with E-state index >= 15 is 0 Å². The van der Waals surface area contributed by atoms with Gasteiger partial charge in [0.1, 0.15) is 0 Å². The fourth-order valence-corrected chi connectivity index (χ4v) is 1.56. The topological polar surface area (TPSA) is 0 Å². The van der Waals surface area contributed by atoms with Crippen molar-refractivity contribution in [1.82, 2.24) is 0 Å². The average Bonchev–Trinajstić information content (AvgIpc) is 2.23. The van der Waals surface area contributed by atoms with Gasteiger partial charge in [-0.25, -0.2) is 0 Å². The van der Waals surface area contributed by atoms with Crippen molar-refractivity contribution in [2.45, 2.75) is 72.1 Å². The fraction of sp³-hybridized carbons (Fsp3) is 0.733. The monoisotopic (exact) mass is 208 g/mol. The van der Waals surface area contributed by atoms with Crippen molar-refractivity contribution in [1.29, 1.82) is 0 Å². The maximum absolute atomic E-state index is 2.35. The molecule has 0 saturated carbocycles. The van der Waals surface area contributed by atoms with Gasteiger partial charge in [-0.1, -0.05) is 69.8 Å². The Morgan fingerprint density at radius 1 is 0.867 bits per heavy atom. The maximum Gasteiger partial charge on any atom is -0.0345 e. The molecule has 0 heteroatoms. The van der Waals surface area contributed by atoms with Crippen LogP contribution in [0.15, 0.2) is 23.8 Å². The van der Waals surface area contributed by atoms with E-state index in [0.717, 1.165) is 0 Å². The minimum absolute atomic E-state index is 1.24. The second-order valence-electron chi connectivity index (χ2n) is 4.34. The highest BCUT2D eigenvalue weighted by Crippen LogP contribution is 2.06. The summed E-state index contributed by atoms with van der Waals surface area (Å²) in [5.41, 5.74) is 1.43. The molecule has 0 amide bonds. The molecule has 0 unspecified atom stereocenters. The van der Waals surface area contributed by atoms with Crippen LogP contribution in [0.1, 0.15) is 72.1 Å². The van der Waals surface area contributed by atoms with Gasteiger partial charge in [0.25, 0.3) is 0 Å². The molecule has 0 aromatic rings. The van der Waals surface area contributed by atoms with Crippen LogP contribution in [0.3, 0.4) is 0 Å². The lowest BCUT2D eigenvalue weighted by molar-refractivity contribution is 0.674. The molecule has 88 valence electrons. The molecule has 0 rings (SSSR count). The first-order valence-corrected chi connectivity index (χ1v) is 6.64. The van der Waals surface area contributed by atoms with Crippen molar-refractivity contribution in [3.05, 3.63) is 23.8 Å². The van der Waals surface area contributed by atoms with Gasteiger partial charge in [-0.15, -0.1) is 0 Å². The van der Waals surface area contributed by atoms with E-state index in [1.165, 1.54) is 56.9 Å². The molecule has 0 aliphatic carbocycles. The van der Waals surface area contributed by atoms with Crippen molar-refractivity contribution in [3.8, 4) is 0 Å². The predicted molar refractivity (Wildman–Crippen MR) is 71.2 cm³/mol. The largest absolute Gasteiger partial charge is 0.0843 e. The highest BCUT2D eigenvalue weighted by molar-refractivity contribution is 5.15. The van der Waals surface area contributed by atoms with Crippen LogP contribution in [0.25, 0.3) is 0 Å². The van der Waals surface area contributed by atoms with Gasteiger partial charge >= 0.3 is 0 Å². The summed E-state index contributed by atoms with van der Waals surface area (Å²) in [6.45, 7) is 6.71.